The van der Waals surface area contributed by atoms with E-state index in [-0.39, 0.29) is 0 Å². The fourth-order valence-electron chi connectivity index (χ4n) is 1.93. The highest BCUT2D eigenvalue weighted by Gasteiger charge is 2.15. The quantitative estimate of drug-likeness (QED) is 0.754. The lowest BCUT2D eigenvalue weighted by atomic mass is 9.95. The summed E-state index contributed by atoms with van der Waals surface area (Å²) < 4.78 is 0. The minimum absolute atomic E-state index is 0.318. The summed E-state index contributed by atoms with van der Waals surface area (Å²) in [5.41, 5.74) is 2.23. The average Bonchev–Trinajstić information content (AvgIpc) is 2.42. The highest BCUT2D eigenvalue weighted by atomic mass is 31.0. The van der Waals surface area contributed by atoms with Crippen molar-refractivity contribution in [3.05, 3.63) is 60.2 Å². The first-order valence-corrected chi connectivity index (χ1v) is 6.75. The maximum absolute atomic E-state index is 4.46. The van der Waals surface area contributed by atoms with Gasteiger partial charge in [-0.05, 0) is 43.3 Å². The van der Waals surface area contributed by atoms with Crippen molar-refractivity contribution < 1.29 is 0 Å². The Hall–Kier alpha value is -1.27. The maximum atomic E-state index is 4.46. The Labute approximate surface area is 105 Å². The Balaban J connectivity index is 2.26. The van der Waals surface area contributed by atoms with E-state index in [0.29, 0.717) is 5.92 Å². The largest absolute Gasteiger partial charge is 0.261 e. The summed E-state index contributed by atoms with van der Waals surface area (Å²) in [7, 11) is 2.78. The van der Waals surface area contributed by atoms with Gasteiger partial charge in [0.1, 0.15) is 0 Å². The Morgan fingerprint density at radius 3 is 1.94 bits per heavy atom. The van der Waals surface area contributed by atoms with E-state index in [4.69, 9.17) is 0 Å². The molecule has 0 amide bonds. The van der Waals surface area contributed by atoms with Crippen molar-refractivity contribution in [3.63, 3.8) is 0 Å². The predicted molar refractivity (Wildman–Crippen MR) is 74.1 cm³/mol. The molecular formula is C14H17N2P. The summed E-state index contributed by atoms with van der Waals surface area (Å²) in [4.78, 5) is 8.92. The number of nitrogens with zero attached hydrogens (tertiary/aromatic N) is 2. The molecule has 1 atom stereocenters. The number of aromatic nitrogens is 2. The van der Waals surface area contributed by atoms with E-state index in [1.165, 1.54) is 6.42 Å². The summed E-state index contributed by atoms with van der Waals surface area (Å²) in [6.45, 7) is 0. The molecule has 17 heavy (non-hydrogen) atoms. The van der Waals surface area contributed by atoms with E-state index < -0.39 is 0 Å². The molecule has 0 saturated carbocycles. The van der Waals surface area contributed by atoms with Crippen molar-refractivity contribution in [2.45, 2.75) is 18.8 Å². The van der Waals surface area contributed by atoms with Crippen LogP contribution >= 0.6 is 9.24 Å². The van der Waals surface area contributed by atoms with Crippen molar-refractivity contribution >= 4 is 9.24 Å². The van der Waals surface area contributed by atoms with Gasteiger partial charge >= 0.3 is 0 Å². The summed E-state index contributed by atoms with van der Waals surface area (Å²) in [6, 6.07) is 12.2. The fourth-order valence-corrected chi connectivity index (χ4v) is 2.17. The molecule has 2 nitrogen and oxygen atoms in total. The van der Waals surface area contributed by atoms with Crippen LogP contribution in [0, 0.1) is 0 Å². The smallest absolute Gasteiger partial charge is 0.0494 e. The van der Waals surface area contributed by atoms with Gasteiger partial charge in [0.25, 0.3) is 0 Å². The lowest BCUT2D eigenvalue weighted by Crippen LogP contribution is -2.05. The topological polar surface area (TPSA) is 25.8 Å². The summed E-state index contributed by atoms with van der Waals surface area (Å²) >= 11 is 0. The molecular weight excluding hydrogens is 227 g/mol. The number of hydrogen-bond donors (Lipinski definition) is 0. The van der Waals surface area contributed by atoms with Gasteiger partial charge in [0.05, 0.1) is 0 Å². The second-order valence-electron chi connectivity index (χ2n) is 3.99. The zero-order valence-corrected chi connectivity index (χ0v) is 10.9. The third-order valence-electron chi connectivity index (χ3n) is 2.79. The van der Waals surface area contributed by atoms with Gasteiger partial charge in [0, 0.05) is 29.7 Å². The molecule has 0 saturated heterocycles. The highest BCUT2D eigenvalue weighted by Crippen LogP contribution is 2.26. The van der Waals surface area contributed by atoms with Crippen LogP contribution in [0.15, 0.2) is 48.8 Å². The molecule has 2 heterocycles. The van der Waals surface area contributed by atoms with E-state index in [1.807, 2.05) is 36.7 Å². The molecule has 88 valence electrons. The molecule has 3 heteroatoms. The molecule has 0 radical (unpaired) electrons. The van der Waals surface area contributed by atoms with Crippen LogP contribution < -0.4 is 0 Å². The lowest BCUT2D eigenvalue weighted by Gasteiger charge is -2.15. The van der Waals surface area contributed by atoms with Crippen LogP contribution in [-0.2, 0) is 0 Å². The van der Waals surface area contributed by atoms with E-state index in [1.54, 1.807) is 0 Å². The first-order valence-electron chi connectivity index (χ1n) is 5.93. The van der Waals surface area contributed by atoms with Crippen molar-refractivity contribution in [1.82, 2.24) is 9.97 Å². The fraction of sp³-hybridized carbons (Fsp3) is 0.286. The molecule has 0 spiro atoms. The van der Waals surface area contributed by atoms with Gasteiger partial charge in [-0.3, -0.25) is 9.97 Å². The number of hydrogen-bond acceptors (Lipinski definition) is 2. The molecule has 0 N–H and O–H groups in total. The SMILES string of the molecule is PCCCC(c1ccccn1)c1ccccn1. The predicted octanol–water partition coefficient (Wildman–Crippen LogP) is 3.26. The highest BCUT2D eigenvalue weighted by molar-refractivity contribution is 7.16. The number of rotatable bonds is 5. The van der Waals surface area contributed by atoms with Crippen LogP contribution in [0.3, 0.4) is 0 Å². The minimum Gasteiger partial charge on any atom is -0.261 e. The summed E-state index contributed by atoms with van der Waals surface area (Å²) in [5.74, 6) is 0.318. The van der Waals surface area contributed by atoms with Gasteiger partial charge < -0.3 is 0 Å². The van der Waals surface area contributed by atoms with Gasteiger partial charge in [-0.15, -0.1) is 9.24 Å². The summed E-state index contributed by atoms with van der Waals surface area (Å²) in [5, 5.41) is 0. The lowest BCUT2D eigenvalue weighted by molar-refractivity contribution is 0.667. The van der Waals surface area contributed by atoms with Crippen LogP contribution in [0.5, 0.6) is 0 Å². The first kappa shape index (κ1) is 12.2. The third kappa shape index (κ3) is 3.34. The first-order chi connectivity index (χ1) is 8.42. The second-order valence-corrected chi connectivity index (χ2v) is 4.57. The van der Waals surface area contributed by atoms with Crippen molar-refractivity contribution in [1.29, 1.82) is 0 Å². The van der Waals surface area contributed by atoms with Gasteiger partial charge in [-0.2, -0.15) is 0 Å². The van der Waals surface area contributed by atoms with Crippen molar-refractivity contribution in [2.75, 3.05) is 6.16 Å². The molecule has 2 aromatic heterocycles. The summed E-state index contributed by atoms with van der Waals surface area (Å²) in [6.07, 6.45) is 7.09. The monoisotopic (exact) mass is 244 g/mol. The van der Waals surface area contributed by atoms with Crippen LogP contribution in [0.2, 0.25) is 0 Å². The van der Waals surface area contributed by atoms with Crippen molar-refractivity contribution in [2.24, 2.45) is 0 Å². The van der Waals surface area contributed by atoms with E-state index >= 15 is 0 Å². The molecule has 0 aromatic carbocycles. The van der Waals surface area contributed by atoms with Crippen LogP contribution in [0.25, 0.3) is 0 Å². The van der Waals surface area contributed by atoms with Crippen LogP contribution in [-0.4, -0.2) is 16.1 Å². The normalized spacial score (nSPS) is 10.7. The molecule has 0 aliphatic heterocycles. The maximum Gasteiger partial charge on any atom is 0.0494 e. The standard InChI is InChI=1S/C14H17N2P/c17-11-5-6-12(13-7-1-3-9-15-13)14-8-2-4-10-16-14/h1-4,7-10,12H,5-6,11,17H2. The average molecular weight is 244 g/mol. The zero-order chi connectivity index (χ0) is 11.9. The Kier molecular flexibility index (Phi) is 4.63. The van der Waals surface area contributed by atoms with E-state index in [9.17, 15) is 0 Å². The van der Waals surface area contributed by atoms with Crippen LogP contribution in [0.1, 0.15) is 30.1 Å². The molecule has 1 unspecified atom stereocenters. The van der Waals surface area contributed by atoms with Gasteiger partial charge in [-0.1, -0.05) is 12.1 Å². The van der Waals surface area contributed by atoms with Gasteiger partial charge in [0.15, 0.2) is 0 Å². The Morgan fingerprint density at radius 2 is 1.53 bits per heavy atom. The van der Waals surface area contributed by atoms with Gasteiger partial charge in [-0.25, -0.2) is 0 Å². The zero-order valence-electron chi connectivity index (χ0n) is 9.79. The van der Waals surface area contributed by atoms with E-state index in [0.717, 1.165) is 24.0 Å². The molecule has 0 aliphatic rings. The van der Waals surface area contributed by atoms with Crippen molar-refractivity contribution in [3.8, 4) is 0 Å². The van der Waals surface area contributed by atoms with Crippen LogP contribution in [0.4, 0.5) is 0 Å². The third-order valence-corrected chi connectivity index (χ3v) is 3.19. The van der Waals surface area contributed by atoms with Gasteiger partial charge in [0.2, 0.25) is 0 Å². The molecule has 2 aromatic rings. The molecule has 0 fully saturated rings. The van der Waals surface area contributed by atoms with E-state index in [2.05, 4.69) is 31.3 Å². The Morgan fingerprint density at radius 1 is 0.941 bits per heavy atom. The number of pyridine rings is 2. The second kappa shape index (κ2) is 6.46. The molecule has 0 aliphatic carbocycles. The molecule has 2 rings (SSSR count). The Bertz CT molecular complexity index is 391. The minimum atomic E-state index is 0.318. The molecule has 0 bridgehead atoms.